The molecule has 0 bridgehead atoms. The van der Waals surface area contributed by atoms with Crippen molar-refractivity contribution in [2.24, 2.45) is 0 Å². The number of halogens is 1. The minimum Gasteiger partial charge on any atom is -0.388 e. The van der Waals surface area contributed by atoms with Crippen LogP contribution in [0.2, 0.25) is 0 Å². The van der Waals surface area contributed by atoms with Gasteiger partial charge in [0.15, 0.2) is 0 Å². The Morgan fingerprint density at radius 1 is 1.37 bits per heavy atom. The van der Waals surface area contributed by atoms with Crippen LogP contribution in [0.4, 0.5) is 10.2 Å². The van der Waals surface area contributed by atoms with Crippen molar-refractivity contribution in [3.63, 3.8) is 0 Å². The van der Waals surface area contributed by atoms with Gasteiger partial charge in [-0.05, 0) is 31.9 Å². The number of β-amino-alcohol motifs (C(OH)–C–C–N with tert-alkyl or cyclic N) is 1. The molecule has 3 rings (SSSR count). The van der Waals surface area contributed by atoms with Crippen LogP contribution in [0, 0.1) is 5.82 Å². The second-order valence-corrected chi connectivity index (χ2v) is 5.36. The summed E-state index contributed by atoms with van der Waals surface area (Å²) in [5.41, 5.74) is -0.388. The zero-order valence-electron chi connectivity index (χ0n) is 10.8. The van der Waals surface area contributed by atoms with E-state index in [2.05, 4.69) is 9.97 Å². The number of anilines is 1. The predicted octanol–water partition coefficient (Wildman–Crippen LogP) is 2.12. The SMILES string of the molecule is CC1(O)CCCN(c2ncnc3c(F)cccc23)C1. The van der Waals surface area contributed by atoms with Gasteiger partial charge >= 0.3 is 0 Å². The third-order valence-electron chi connectivity index (χ3n) is 3.57. The lowest BCUT2D eigenvalue weighted by atomic mass is 9.95. The average Bonchev–Trinajstić information content (AvgIpc) is 2.37. The van der Waals surface area contributed by atoms with Crippen molar-refractivity contribution in [2.75, 3.05) is 18.0 Å². The normalized spacial score (nSPS) is 23.8. The van der Waals surface area contributed by atoms with Gasteiger partial charge in [0.05, 0.1) is 5.60 Å². The molecule has 0 aliphatic carbocycles. The molecule has 0 saturated carbocycles. The Labute approximate surface area is 110 Å². The van der Waals surface area contributed by atoms with E-state index in [-0.39, 0.29) is 5.82 Å². The van der Waals surface area contributed by atoms with Gasteiger partial charge in [-0.15, -0.1) is 0 Å². The fourth-order valence-electron chi connectivity index (χ4n) is 2.69. The summed E-state index contributed by atoms with van der Waals surface area (Å²) in [6, 6.07) is 4.87. The fraction of sp³-hybridized carbons (Fsp3) is 0.429. The predicted molar refractivity (Wildman–Crippen MR) is 71.6 cm³/mol. The standard InChI is InChI=1S/C14H16FN3O/c1-14(19)6-3-7-18(8-14)13-10-4-2-5-11(15)12(10)16-9-17-13/h2,4-5,9,19H,3,6-8H2,1H3. The van der Waals surface area contributed by atoms with Gasteiger partial charge < -0.3 is 10.0 Å². The van der Waals surface area contributed by atoms with Crippen LogP contribution < -0.4 is 4.90 Å². The van der Waals surface area contributed by atoms with Gasteiger partial charge in [0.1, 0.15) is 23.5 Å². The second kappa shape index (κ2) is 4.42. The van der Waals surface area contributed by atoms with Crippen molar-refractivity contribution in [3.8, 4) is 0 Å². The Bertz CT molecular complexity index is 615. The highest BCUT2D eigenvalue weighted by molar-refractivity contribution is 5.89. The van der Waals surface area contributed by atoms with E-state index in [0.29, 0.717) is 23.3 Å². The molecule has 1 aliphatic rings. The van der Waals surface area contributed by atoms with E-state index in [0.717, 1.165) is 19.4 Å². The van der Waals surface area contributed by atoms with Crippen LogP contribution in [-0.4, -0.2) is 33.8 Å². The molecular weight excluding hydrogens is 245 g/mol. The number of benzene rings is 1. The highest BCUT2D eigenvalue weighted by Gasteiger charge is 2.29. The minimum absolute atomic E-state index is 0.331. The first-order chi connectivity index (χ1) is 9.07. The van der Waals surface area contributed by atoms with E-state index in [9.17, 15) is 9.50 Å². The molecule has 1 aromatic carbocycles. The lowest BCUT2D eigenvalue weighted by molar-refractivity contribution is 0.0448. The van der Waals surface area contributed by atoms with Crippen LogP contribution in [0.15, 0.2) is 24.5 Å². The first-order valence-corrected chi connectivity index (χ1v) is 6.43. The molecule has 1 saturated heterocycles. The van der Waals surface area contributed by atoms with E-state index in [4.69, 9.17) is 0 Å². The van der Waals surface area contributed by atoms with Gasteiger partial charge in [0, 0.05) is 18.5 Å². The van der Waals surface area contributed by atoms with Crippen molar-refractivity contribution in [2.45, 2.75) is 25.4 Å². The maximum absolute atomic E-state index is 13.7. The minimum atomic E-state index is -0.719. The number of hydrogen-bond donors (Lipinski definition) is 1. The molecule has 1 aliphatic heterocycles. The summed E-state index contributed by atoms with van der Waals surface area (Å²) in [6.45, 7) is 3.15. The quantitative estimate of drug-likeness (QED) is 0.854. The Morgan fingerprint density at radius 2 is 2.21 bits per heavy atom. The summed E-state index contributed by atoms with van der Waals surface area (Å²) in [5, 5.41) is 10.9. The Balaban J connectivity index is 2.08. The van der Waals surface area contributed by atoms with E-state index >= 15 is 0 Å². The van der Waals surface area contributed by atoms with Gasteiger partial charge in [-0.25, -0.2) is 14.4 Å². The van der Waals surface area contributed by atoms with E-state index in [1.54, 1.807) is 6.07 Å². The van der Waals surface area contributed by atoms with Crippen molar-refractivity contribution in [1.29, 1.82) is 0 Å². The van der Waals surface area contributed by atoms with Crippen molar-refractivity contribution in [3.05, 3.63) is 30.3 Å². The largest absolute Gasteiger partial charge is 0.388 e. The van der Waals surface area contributed by atoms with E-state index in [1.807, 2.05) is 17.9 Å². The lowest BCUT2D eigenvalue weighted by Gasteiger charge is -2.37. The molecule has 19 heavy (non-hydrogen) atoms. The number of aliphatic hydroxyl groups is 1. The fourth-order valence-corrected chi connectivity index (χ4v) is 2.69. The number of hydrogen-bond acceptors (Lipinski definition) is 4. The molecule has 2 aromatic rings. The molecule has 1 fully saturated rings. The van der Waals surface area contributed by atoms with Crippen LogP contribution in [0.5, 0.6) is 0 Å². The molecule has 1 atom stereocenters. The summed E-state index contributed by atoms with van der Waals surface area (Å²) in [6.07, 6.45) is 3.05. The van der Waals surface area contributed by atoms with Crippen molar-refractivity contribution in [1.82, 2.24) is 9.97 Å². The monoisotopic (exact) mass is 261 g/mol. The summed E-state index contributed by atoms with van der Waals surface area (Å²) in [5.74, 6) is 0.356. The lowest BCUT2D eigenvalue weighted by Crippen LogP contribution is -2.46. The molecule has 4 nitrogen and oxygen atoms in total. The number of aromatic nitrogens is 2. The van der Waals surface area contributed by atoms with Gasteiger partial charge in [0.2, 0.25) is 0 Å². The first kappa shape index (κ1) is 12.3. The number of piperidine rings is 1. The smallest absolute Gasteiger partial charge is 0.149 e. The van der Waals surface area contributed by atoms with Crippen LogP contribution in [0.25, 0.3) is 10.9 Å². The molecular formula is C14H16FN3O. The summed E-state index contributed by atoms with van der Waals surface area (Å²) >= 11 is 0. The molecule has 1 unspecified atom stereocenters. The first-order valence-electron chi connectivity index (χ1n) is 6.43. The average molecular weight is 261 g/mol. The summed E-state index contributed by atoms with van der Waals surface area (Å²) < 4.78 is 13.7. The molecule has 2 heterocycles. The Morgan fingerprint density at radius 3 is 3.00 bits per heavy atom. The van der Waals surface area contributed by atoms with Crippen LogP contribution in [-0.2, 0) is 0 Å². The molecule has 0 radical (unpaired) electrons. The maximum atomic E-state index is 13.7. The highest BCUT2D eigenvalue weighted by atomic mass is 19.1. The van der Waals surface area contributed by atoms with Gasteiger partial charge in [-0.2, -0.15) is 0 Å². The van der Waals surface area contributed by atoms with Gasteiger partial charge in [-0.3, -0.25) is 0 Å². The molecule has 1 N–H and O–H groups in total. The van der Waals surface area contributed by atoms with Crippen molar-refractivity contribution >= 4 is 16.7 Å². The number of fused-ring (bicyclic) bond motifs is 1. The molecule has 5 heteroatoms. The molecule has 0 spiro atoms. The highest BCUT2D eigenvalue weighted by Crippen LogP contribution is 2.29. The molecule has 1 aromatic heterocycles. The Hall–Kier alpha value is -1.75. The maximum Gasteiger partial charge on any atom is 0.149 e. The summed E-state index contributed by atoms with van der Waals surface area (Å²) in [4.78, 5) is 10.3. The topological polar surface area (TPSA) is 49.2 Å². The number of rotatable bonds is 1. The molecule has 100 valence electrons. The van der Waals surface area contributed by atoms with E-state index < -0.39 is 5.60 Å². The van der Waals surface area contributed by atoms with Gasteiger partial charge in [-0.1, -0.05) is 6.07 Å². The van der Waals surface area contributed by atoms with E-state index in [1.165, 1.54) is 12.4 Å². The number of para-hydroxylation sites is 1. The van der Waals surface area contributed by atoms with Crippen molar-refractivity contribution < 1.29 is 9.50 Å². The molecule has 0 amide bonds. The van der Waals surface area contributed by atoms with Gasteiger partial charge in [0.25, 0.3) is 0 Å². The number of nitrogens with zero attached hydrogens (tertiary/aromatic N) is 3. The zero-order chi connectivity index (χ0) is 13.5. The third-order valence-corrected chi connectivity index (χ3v) is 3.57. The van der Waals surface area contributed by atoms with Crippen LogP contribution in [0.1, 0.15) is 19.8 Å². The summed E-state index contributed by atoms with van der Waals surface area (Å²) in [7, 11) is 0. The van der Waals surface area contributed by atoms with Crippen LogP contribution in [0.3, 0.4) is 0 Å². The zero-order valence-corrected chi connectivity index (χ0v) is 10.8. The van der Waals surface area contributed by atoms with Crippen LogP contribution >= 0.6 is 0 Å². The second-order valence-electron chi connectivity index (χ2n) is 5.36. The third kappa shape index (κ3) is 2.26. The Kier molecular flexibility index (Phi) is 2.86.